The highest BCUT2D eigenvalue weighted by atomic mass is 14.5. The van der Waals surface area contributed by atoms with E-state index in [-0.39, 0.29) is 0 Å². The first kappa shape index (κ1) is 13.4. The van der Waals surface area contributed by atoms with Crippen LogP contribution in [0, 0.1) is 0 Å². The van der Waals surface area contributed by atoms with E-state index in [1.807, 2.05) is 12.1 Å². The Labute approximate surface area is 125 Å². The zero-order chi connectivity index (χ0) is 14.7. The molecular formula is C19H18N2. The topological polar surface area (TPSA) is 52.0 Å². The van der Waals surface area contributed by atoms with Crippen molar-refractivity contribution < 1.29 is 0 Å². The van der Waals surface area contributed by atoms with Gasteiger partial charge in [0, 0.05) is 12.2 Å². The molecule has 3 rings (SSSR count). The van der Waals surface area contributed by atoms with Crippen LogP contribution in [0.4, 0.5) is 5.69 Å². The predicted molar refractivity (Wildman–Crippen MR) is 89.6 cm³/mol. The Morgan fingerprint density at radius 1 is 0.619 bits per heavy atom. The maximum absolute atomic E-state index is 5.77. The summed E-state index contributed by atoms with van der Waals surface area (Å²) in [5.74, 6) is 0. The molecule has 3 aromatic carbocycles. The Kier molecular flexibility index (Phi) is 3.71. The van der Waals surface area contributed by atoms with Gasteiger partial charge in [-0.05, 0) is 39.9 Å². The Balaban J connectivity index is 2.08. The fourth-order valence-corrected chi connectivity index (χ4v) is 2.47. The number of anilines is 1. The maximum Gasteiger partial charge on any atom is 0.0314 e. The molecular weight excluding hydrogens is 256 g/mol. The predicted octanol–water partition coefficient (Wildman–Crippen LogP) is 4.06. The van der Waals surface area contributed by atoms with Crippen molar-refractivity contribution in [2.24, 2.45) is 5.73 Å². The van der Waals surface area contributed by atoms with Gasteiger partial charge in [-0.2, -0.15) is 0 Å². The lowest BCUT2D eigenvalue weighted by Crippen LogP contribution is -1.95. The van der Waals surface area contributed by atoms with Crippen LogP contribution in [0.3, 0.4) is 0 Å². The second-order valence-corrected chi connectivity index (χ2v) is 5.07. The summed E-state index contributed by atoms with van der Waals surface area (Å²) in [5.41, 5.74) is 18.1. The van der Waals surface area contributed by atoms with Gasteiger partial charge in [0.15, 0.2) is 0 Å². The van der Waals surface area contributed by atoms with Gasteiger partial charge in [-0.1, -0.05) is 60.7 Å². The summed E-state index contributed by atoms with van der Waals surface area (Å²) in [7, 11) is 0. The van der Waals surface area contributed by atoms with E-state index in [1.54, 1.807) is 0 Å². The Bertz CT molecular complexity index is 728. The van der Waals surface area contributed by atoms with Crippen molar-refractivity contribution in [1.29, 1.82) is 0 Å². The van der Waals surface area contributed by atoms with Crippen LogP contribution < -0.4 is 11.5 Å². The highest BCUT2D eigenvalue weighted by Gasteiger charge is 2.06. The van der Waals surface area contributed by atoms with E-state index in [4.69, 9.17) is 11.5 Å². The molecule has 0 aromatic heterocycles. The summed E-state index contributed by atoms with van der Waals surface area (Å²) in [6.07, 6.45) is 0. The average molecular weight is 274 g/mol. The molecule has 21 heavy (non-hydrogen) atoms. The highest BCUT2D eigenvalue weighted by molar-refractivity contribution is 5.83. The number of hydrogen-bond acceptors (Lipinski definition) is 2. The molecule has 0 unspecified atom stereocenters. The van der Waals surface area contributed by atoms with Crippen LogP contribution in [-0.2, 0) is 6.54 Å². The number of hydrogen-bond donors (Lipinski definition) is 2. The lowest BCUT2D eigenvalue weighted by molar-refractivity contribution is 1.07. The molecule has 0 radical (unpaired) electrons. The Hall–Kier alpha value is -2.58. The summed E-state index contributed by atoms with van der Waals surface area (Å²) in [6.45, 7) is 0.569. The van der Waals surface area contributed by atoms with Crippen LogP contribution in [0.25, 0.3) is 22.3 Å². The van der Waals surface area contributed by atoms with Crippen molar-refractivity contribution in [1.82, 2.24) is 0 Å². The fourth-order valence-electron chi connectivity index (χ4n) is 2.47. The molecule has 0 spiro atoms. The molecule has 0 aliphatic heterocycles. The molecule has 104 valence electrons. The van der Waals surface area contributed by atoms with Gasteiger partial charge in [0.2, 0.25) is 0 Å². The van der Waals surface area contributed by atoms with Crippen molar-refractivity contribution >= 4 is 5.69 Å². The third-order valence-electron chi connectivity index (χ3n) is 3.65. The van der Waals surface area contributed by atoms with Gasteiger partial charge in [0.25, 0.3) is 0 Å². The number of nitrogen functional groups attached to an aromatic ring is 1. The molecule has 2 heteroatoms. The third-order valence-corrected chi connectivity index (χ3v) is 3.65. The SMILES string of the molecule is NCc1ccc(-c2ccccc2-c2ccc(N)cc2)cc1. The molecule has 0 fully saturated rings. The van der Waals surface area contributed by atoms with E-state index in [0.29, 0.717) is 6.54 Å². The van der Waals surface area contributed by atoms with Gasteiger partial charge in [0.1, 0.15) is 0 Å². The zero-order valence-corrected chi connectivity index (χ0v) is 11.8. The number of benzene rings is 3. The highest BCUT2D eigenvalue weighted by Crippen LogP contribution is 2.32. The number of nitrogens with two attached hydrogens (primary N) is 2. The standard InChI is InChI=1S/C19H18N2/c20-13-14-5-7-15(8-6-14)18-3-1-2-4-19(18)16-9-11-17(21)12-10-16/h1-12H,13,20-21H2. The van der Waals surface area contributed by atoms with Crippen LogP contribution in [0.2, 0.25) is 0 Å². The van der Waals surface area contributed by atoms with E-state index < -0.39 is 0 Å². The molecule has 0 heterocycles. The minimum absolute atomic E-state index is 0.569. The minimum Gasteiger partial charge on any atom is -0.399 e. The quantitative estimate of drug-likeness (QED) is 0.708. The van der Waals surface area contributed by atoms with Gasteiger partial charge < -0.3 is 11.5 Å². The summed E-state index contributed by atoms with van der Waals surface area (Å²) < 4.78 is 0. The first-order chi connectivity index (χ1) is 10.3. The molecule has 0 atom stereocenters. The second-order valence-electron chi connectivity index (χ2n) is 5.07. The molecule has 2 nitrogen and oxygen atoms in total. The molecule has 0 saturated carbocycles. The molecule has 0 amide bonds. The first-order valence-electron chi connectivity index (χ1n) is 7.02. The lowest BCUT2D eigenvalue weighted by atomic mass is 9.94. The van der Waals surface area contributed by atoms with Crippen LogP contribution in [-0.4, -0.2) is 0 Å². The molecule has 4 N–H and O–H groups in total. The summed E-state index contributed by atoms with van der Waals surface area (Å²) in [6, 6.07) is 24.8. The second kappa shape index (κ2) is 5.81. The summed E-state index contributed by atoms with van der Waals surface area (Å²) >= 11 is 0. The monoisotopic (exact) mass is 274 g/mol. The van der Waals surface area contributed by atoms with Gasteiger partial charge in [-0.15, -0.1) is 0 Å². The molecule has 3 aromatic rings. The van der Waals surface area contributed by atoms with Gasteiger partial charge in [0.05, 0.1) is 0 Å². The van der Waals surface area contributed by atoms with Crippen molar-refractivity contribution in [3.05, 3.63) is 78.4 Å². The largest absolute Gasteiger partial charge is 0.399 e. The minimum atomic E-state index is 0.569. The maximum atomic E-state index is 5.77. The van der Waals surface area contributed by atoms with Crippen LogP contribution in [0.15, 0.2) is 72.8 Å². The van der Waals surface area contributed by atoms with E-state index in [2.05, 4.69) is 60.7 Å². The lowest BCUT2D eigenvalue weighted by Gasteiger charge is -2.11. The van der Waals surface area contributed by atoms with E-state index in [0.717, 1.165) is 11.3 Å². The first-order valence-corrected chi connectivity index (χ1v) is 7.02. The fraction of sp³-hybridized carbons (Fsp3) is 0.0526. The molecule has 0 aliphatic carbocycles. The Morgan fingerprint density at radius 3 is 1.57 bits per heavy atom. The van der Waals surface area contributed by atoms with E-state index in [9.17, 15) is 0 Å². The van der Waals surface area contributed by atoms with Crippen LogP contribution in [0.5, 0.6) is 0 Å². The van der Waals surface area contributed by atoms with Crippen LogP contribution >= 0.6 is 0 Å². The van der Waals surface area contributed by atoms with E-state index >= 15 is 0 Å². The van der Waals surface area contributed by atoms with Crippen molar-refractivity contribution in [2.75, 3.05) is 5.73 Å². The van der Waals surface area contributed by atoms with Gasteiger partial charge in [-0.3, -0.25) is 0 Å². The van der Waals surface area contributed by atoms with Crippen LogP contribution in [0.1, 0.15) is 5.56 Å². The normalized spacial score (nSPS) is 10.5. The van der Waals surface area contributed by atoms with Crippen molar-refractivity contribution in [2.45, 2.75) is 6.54 Å². The van der Waals surface area contributed by atoms with Crippen molar-refractivity contribution in [3.63, 3.8) is 0 Å². The summed E-state index contributed by atoms with van der Waals surface area (Å²) in [5, 5.41) is 0. The van der Waals surface area contributed by atoms with Crippen molar-refractivity contribution in [3.8, 4) is 22.3 Å². The zero-order valence-electron chi connectivity index (χ0n) is 11.8. The third kappa shape index (κ3) is 2.81. The number of rotatable bonds is 3. The molecule has 0 bridgehead atoms. The van der Waals surface area contributed by atoms with E-state index in [1.165, 1.54) is 22.3 Å². The average Bonchev–Trinajstić information content (AvgIpc) is 2.56. The smallest absolute Gasteiger partial charge is 0.0314 e. The van der Waals surface area contributed by atoms with Gasteiger partial charge in [-0.25, -0.2) is 0 Å². The molecule has 0 saturated heterocycles. The molecule has 0 aliphatic rings. The van der Waals surface area contributed by atoms with Gasteiger partial charge >= 0.3 is 0 Å². The Morgan fingerprint density at radius 2 is 1.10 bits per heavy atom. The summed E-state index contributed by atoms with van der Waals surface area (Å²) in [4.78, 5) is 0.